The summed E-state index contributed by atoms with van der Waals surface area (Å²) < 4.78 is 5.65. The van der Waals surface area contributed by atoms with Crippen LogP contribution in [-0.4, -0.2) is 59.5 Å². The topological polar surface area (TPSA) is 62.2 Å². The highest BCUT2D eigenvalue weighted by Gasteiger charge is 2.31. The Morgan fingerprint density at radius 2 is 2.00 bits per heavy atom. The van der Waals surface area contributed by atoms with Crippen LogP contribution in [0.2, 0.25) is 5.02 Å². The fourth-order valence-electron chi connectivity index (χ4n) is 2.96. The maximum atomic E-state index is 12.5. The third kappa shape index (κ3) is 4.16. The van der Waals surface area contributed by atoms with E-state index in [0.29, 0.717) is 29.0 Å². The lowest BCUT2D eigenvalue weighted by molar-refractivity contribution is -0.140. The molecule has 0 unspecified atom stereocenters. The van der Waals surface area contributed by atoms with Crippen molar-refractivity contribution >= 4 is 46.0 Å². The minimum absolute atomic E-state index is 0.0214. The number of hydrogen-bond acceptors (Lipinski definition) is 5. The Kier molecular flexibility index (Phi) is 5.66. The lowest BCUT2D eigenvalue weighted by Crippen LogP contribution is -2.49. The summed E-state index contributed by atoms with van der Waals surface area (Å²) in [6.07, 6.45) is 0.0606. The Balaban J connectivity index is 1.65. The van der Waals surface area contributed by atoms with Gasteiger partial charge in [0.05, 0.1) is 28.7 Å². The first-order valence-corrected chi connectivity index (χ1v) is 9.50. The maximum Gasteiger partial charge on any atom is 0.254 e. The summed E-state index contributed by atoms with van der Waals surface area (Å²) in [7, 11) is 0. The molecule has 0 saturated carbocycles. The van der Waals surface area contributed by atoms with Crippen LogP contribution >= 0.6 is 23.4 Å². The van der Waals surface area contributed by atoms with Crippen LogP contribution in [0.5, 0.6) is 0 Å². The first kappa shape index (κ1) is 18.2. The molecule has 25 heavy (non-hydrogen) atoms. The molecule has 0 spiro atoms. The number of nitrogens with zero attached hydrogens (tertiary/aromatic N) is 3. The number of amidine groups is 1. The Bertz CT molecular complexity index is 702. The van der Waals surface area contributed by atoms with Gasteiger partial charge in [-0.25, -0.2) is 0 Å². The molecule has 0 aromatic heterocycles. The molecule has 0 aliphatic carbocycles. The van der Waals surface area contributed by atoms with Gasteiger partial charge in [-0.1, -0.05) is 35.5 Å². The maximum absolute atomic E-state index is 12.5. The smallest absolute Gasteiger partial charge is 0.254 e. The van der Waals surface area contributed by atoms with Crippen molar-refractivity contribution in [1.29, 1.82) is 0 Å². The van der Waals surface area contributed by atoms with E-state index in [0.717, 1.165) is 0 Å². The zero-order chi connectivity index (χ0) is 18.0. The number of anilines is 1. The molecule has 2 aliphatic rings. The van der Waals surface area contributed by atoms with Crippen LogP contribution < -0.4 is 4.90 Å². The van der Waals surface area contributed by atoms with E-state index in [4.69, 9.17) is 16.3 Å². The monoisotopic (exact) mass is 381 g/mol. The fraction of sp³-hybridized carbons (Fsp3) is 0.471. The van der Waals surface area contributed by atoms with Crippen LogP contribution in [0, 0.1) is 0 Å². The zero-order valence-electron chi connectivity index (χ0n) is 14.1. The largest absolute Gasteiger partial charge is 0.372 e. The van der Waals surface area contributed by atoms with E-state index in [1.807, 2.05) is 24.8 Å². The third-order valence-corrected chi connectivity index (χ3v) is 5.26. The van der Waals surface area contributed by atoms with Gasteiger partial charge in [0.25, 0.3) is 5.91 Å². The predicted octanol–water partition coefficient (Wildman–Crippen LogP) is 2.41. The lowest BCUT2D eigenvalue weighted by atomic mass is 10.2. The number of morpholine rings is 1. The third-order valence-electron chi connectivity index (χ3n) is 3.98. The molecule has 8 heteroatoms. The number of amides is 2. The van der Waals surface area contributed by atoms with Gasteiger partial charge in [0.1, 0.15) is 6.54 Å². The average molecular weight is 382 g/mol. The average Bonchev–Trinajstić information content (AvgIpc) is 2.93. The van der Waals surface area contributed by atoms with Gasteiger partial charge in [-0.2, -0.15) is 0 Å². The summed E-state index contributed by atoms with van der Waals surface area (Å²) in [5.74, 6) is 0.108. The van der Waals surface area contributed by atoms with Crippen molar-refractivity contribution in [2.45, 2.75) is 26.1 Å². The summed E-state index contributed by atoms with van der Waals surface area (Å²) in [6, 6.07) is 7.12. The van der Waals surface area contributed by atoms with E-state index in [1.54, 1.807) is 18.2 Å². The summed E-state index contributed by atoms with van der Waals surface area (Å²) >= 11 is 7.47. The van der Waals surface area contributed by atoms with Crippen molar-refractivity contribution in [3.8, 4) is 0 Å². The van der Waals surface area contributed by atoms with E-state index >= 15 is 0 Å². The number of halogens is 1. The first-order valence-electron chi connectivity index (χ1n) is 8.13. The number of para-hydroxylation sites is 1. The molecule has 2 atom stereocenters. The van der Waals surface area contributed by atoms with Gasteiger partial charge >= 0.3 is 0 Å². The van der Waals surface area contributed by atoms with Crippen molar-refractivity contribution in [3.63, 3.8) is 0 Å². The molecule has 2 aliphatic heterocycles. The molecule has 1 fully saturated rings. The van der Waals surface area contributed by atoms with Crippen LogP contribution in [0.15, 0.2) is 29.3 Å². The number of carbonyl (C=O) groups excluding carboxylic acids is 2. The molecule has 6 nitrogen and oxygen atoms in total. The minimum Gasteiger partial charge on any atom is -0.372 e. The van der Waals surface area contributed by atoms with Crippen LogP contribution in [0.1, 0.15) is 13.8 Å². The predicted molar refractivity (Wildman–Crippen MR) is 100 cm³/mol. The summed E-state index contributed by atoms with van der Waals surface area (Å²) in [5.41, 5.74) is 0.596. The van der Waals surface area contributed by atoms with Crippen molar-refractivity contribution in [3.05, 3.63) is 29.3 Å². The van der Waals surface area contributed by atoms with Crippen molar-refractivity contribution < 1.29 is 14.3 Å². The molecule has 0 radical (unpaired) electrons. The summed E-state index contributed by atoms with van der Waals surface area (Å²) in [4.78, 5) is 32.3. The Hall–Kier alpha value is -1.57. The summed E-state index contributed by atoms with van der Waals surface area (Å²) in [6.45, 7) is 5.17. The highest BCUT2D eigenvalue weighted by molar-refractivity contribution is 8.14. The van der Waals surface area contributed by atoms with Crippen molar-refractivity contribution in [1.82, 2.24) is 4.90 Å². The highest BCUT2D eigenvalue weighted by Crippen LogP contribution is 2.30. The van der Waals surface area contributed by atoms with Crippen LogP contribution in [0.3, 0.4) is 0 Å². The zero-order valence-corrected chi connectivity index (χ0v) is 15.7. The van der Waals surface area contributed by atoms with Gasteiger partial charge in [-0.3, -0.25) is 19.5 Å². The number of ether oxygens (including phenoxy) is 1. The summed E-state index contributed by atoms with van der Waals surface area (Å²) in [5, 5.41) is 0.994. The van der Waals surface area contributed by atoms with Crippen molar-refractivity contribution in [2.75, 3.05) is 30.3 Å². The SMILES string of the molecule is C[C@H]1CN(C(=O)CSC2=NCC(=O)N2c2ccccc2Cl)C[C@H](C)O1. The second-order valence-electron chi connectivity index (χ2n) is 6.12. The quantitative estimate of drug-likeness (QED) is 0.806. The molecule has 2 heterocycles. The number of hydrogen-bond donors (Lipinski definition) is 0. The normalized spacial score (nSPS) is 23.8. The first-order chi connectivity index (χ1) is 12.0. The molecule has 0 N–H and O–H groups in total. The second kappa shape index (κ2) is 7.76. The fourth-order valence-corrected chi connectivity index (χ4v) is 4.10. The molecule has 1 saturated heterocycles. The Morgan fingerprint density at radius 1 is 1.32 bits per heavy atom. The minimum atomic E-state index is -0.142. The van der Waals surface area contributed by atoms with Gasteiger partial charge in [-0.15, -0.1) is 0 Å². The molecule has 2 amide bonds. The van der Waals surface area contributed by atoms with Gasteiger partial charge in [0, 0.05) is 13.1 Å². The molecular formula is C17H20ClN3O3S. The number of carbonyl (C=O) groups is 2. The number of benzene rings is 1. The molecule has 1 aromatic carbocycles. The highest BCUT2D eigenvalue weighted by atomic mass is 35.5. The van der Waals surface area contributed by atoms with Crippen LogP contribution in [0.25, 0.3) is 0 Å². The van der Waals surface area contributed by atoms with Crippen LogP contribution in [0.4, 0.5) is 5.69 Å². The molecule has 134 valence electrons. The van der Waals surface area contributed by atoms with E-state index in [2.05, 4.69) is 4.99 Å². The Labute approximate surface area is 156 Å². The molecular weight excluding hydrogens is 362 g/mol. The standard InChI is InChI=1S/C17H20ClN3O3S/c1-11-8-20(9-12(2)24-11)16(23)10-25-17-19-7-15(22)21(17)14-6-4-3-5-13(14)18/h3-6,11-12H,7-10H2,1-2H3/t11-,12-/m0/s1. The van der Waals surface area contributed by atoms with Gasteiger partial charge in [-0.05, 0) is 26.0 Å². The second-order valence-corrected chi connectivity index (χ2v) is 7.47. The van der Waals surface area contributed by atoms with Crippen molar-refractivity contribution in [2.24, 2.45) is 4.99 Å². The van der Waals surface area contributed by atoms with Gasteiger partial charge in [0.2, 0.25) is 5.91 Å². The van der Waals surface area contributed by atoms with E-state index in [9.17, 15) is 9.59 Å². The molecule has 3 rings (SSSR count). The van der Waals surface area contributed by atoms with Gasteiger partial charge in [0.15, 0.2) is 5.17 Å². The van der Waals surface area contributed by atoms with E-state index in [1.165, 1.54) is 16.7 Å². The van der Waals surface area contributed by atoms with Gasteiger partial charge < -0.3 is 9.64 Å². The number of rotatable bonds is 3. The number of aliphatic imine (C=N–C) groups is 1. The lowest BCUT2D eigenvalue weighted by Gasteiger charge is -2.35. The van der Waals surface area contributed by atoms with E-state index in [-0.39, 0.29) is 36.3 Å². The molecule has 1 aromatic rings. The van der Waals surface area contributed by atoms with Crippen LogP contribution in [-0.2, 0) is 14.3 Å². The molecule has 0 bridgehead atoms. The van der Waals surface area contributed by atoms with E-state index < -0.39 is 0 Å². The Morgan fingerprint density at radius 3 is 2.68 bits per heavy atom. The number of thioether (sulfide) groups is 1.